The Balaban J connectivity index is 1.50. The van der Waals surface area contributed by atoms with Gasteiger partial charge >= 0.3 is 0 Å². The molecule has 0 fully saturated rings. The summed E-state index contributed by atoms with van der Waals surface area (Å²) in [7, 11) is 0. The van der Waals surface area contributed by atoms with Crippen molar-refractivity contribution in [3.05, 3.63) is 53.3 Å². The fraction of sp³-hybridized carbons (Fsp3) is 0.364. The van der Waals surface area contributed by atoms with E-state index in [1.165, 1.54) is 0 Å². The number of aliphatic hydroxyl groups is 1. The van der Waals surface area contributed by atoms with Crippen LogP contribution in [0.1, 0.15) is 61.3 Å². The fourth-order valence-electron chi connectivity index (χ4n) is 4.06. The van der Waals surface area contributed by atoms with Crippen LogP contribution in [-0.2, 0) is 6.54 Å². The molecular weight excluding hydrogens is 382 g/mol. The number of aromatic nitrogens is 4. The van der Waals surface area contributed by atoms with E-state index in [1.807, 2.05) is 56.5 Å². The number of hydrogen-bond donors (Lipinski definition) is 1. The zero-order chi connectivity index (χ0) is 21.2. The number of benzene rings is 1. The van der Waals surface area contributed by atoms with Crippen LogP contribution >= 0.6 is 0 Å². The van der Waals surface area contributed by atoms with Gasteiger partial charge in [0.05, 0.1) is 6.54 Å². The van der Waals surface area contributed by atoms with Crippen molar-refractivity contribution in [1.82, 2.24) is 19.7 Å². The lowest BCUT2D eigenvalue weighted by Gasteiger charge is -2.21. The molecule has 3 aromatic rings. The molecule has 1 unspecified atom stereocenters. The molecule has 4 heterocycles. The average molecular weight is 405 g/mol. The van der Waals surface area contributed by atoms with Gasteiger partial charge in [0.25, 0.3) is 5.91 Å². The van der Waals surface area contributed by atoms with Crippen LogP contribution in [0, 0.1) is 0 Å². The number of aliphatic hydroxyl groups excluding tert-OH is 1. The fourth-order valence-corrected chi connectivity index (χ4v) is 4.06. The number of carbonyl (C=O) groups excluding carboxylic acids is 1. The molecule has 1 aromatic carbocycles. The number of amides is 1. The zero-order valence-electron chi connectivity index (χ0n) is 17.3. The van der Waals surface area contributed by atoms with Crippen molar-refractivity contribution in [2.24, 2.45) is 0 Å². The Morgan fingerprint density at radius 1 is 1.27 bits per heavy atom. The first-order valence-corrected chi connectivity index (χ1v) is 9.99. The highest BCUT2D eigenvalue weighted by Crippen LogP contribution is 2.45. The highest BCUT2D eigenvalue weighted by Gasteiger charge is 2.42. The first-order valence-electron chi connectivity index (χ1n) is 9.99. The number of fused-ring (bicyclic) bond motifs is 2. The lowest BCUT2D eigenvalue weighted by atomic mass is 9.95. The van der Waals surface area contributed by atoms with E-state index in [1.54, 1.807) is 17.3 Å². The number of hydrogen-bond acceptors (Lipinski definition) is 6. The second-order valence-corrected chi connectivity index (χ2v) is 8.58. The van der Waals surface area contributed by atoms with Gasteiger partial charge < -0.3 is 14.4 Å². The smallest absolute Gasteiger partial charge is 0.260 e. The largest absolute Gasteiger partial charge is 0.484 e. The summed E-state index contributed by atoms with van der Waals surface area (Å²) in [6.45, 7) is 8.16. The second kappa shape index (κ2) is 6.37. The van der Waals surface area contributed by atoms with Gasteiger partial charge in [-0.25, -0.2) is 4.98 Å². The molecule has 2 aliphatic heterocycles. The van der Waals surface area contributed by atoms with Gasteiger partial charge in [0, 0.05) is 17.2 Å². The SMILES string of the molecule is CC(C)n1cnnc1-c1cccc(N2Cc3cc4c(cc3C2=O)OC(C)(C)C4O)n1. The molecule has 8 nitrogen and oxygen atoms in total. The highest BCUT2D eigenvalue weighted by molar-refractivity contribution is 6.10. The summed E-state index contributed by atoms with van der Waals surface area (Å²) in [5.41, 5.74) is 2.11. The van der Waals surface area contributed by atoms with Crippen molar-refractivity contribution in [3.8, 4) is 17.3 Å². The van der Waals surface area contributed by atoms with E-state index < -0.39 is 11.7 Å². The highest BCUT2D eigenvalue weighted by atomic mass is 16.5. The predicted molar refractivity (Wildman–Crippen MR) is 110 cm³/mol. The topological polar surface area (TPSA) is 93.4 Å². The summed E-state index contributed by atoms with van der Waals surface area (Å²) >= 11 is 0. The van der Waals surface area contributed by atoms with Crippen LogP contribution < -0.4 is 9.64 Å². The summed E-state index contributed by atoms with van der Waals surface area (Å²) < 4.78 is 7.81. The van der Waals surface area contributed by atoms with Crippen LogP contribution in [0.3, 0.4) is 0 Å². The molecule has 8 heteroatoms. The number of carbonyl (C=O) groups is 1. The van der Waals surface area contributed by atoms with Crippen molar-refractivity contribution in [2.45, 2.75) is 52.0 Å². The van der Waals surface area contributed by atoms with Gasteiger partial charge in [-0.05, 0) is 57.5 Å². The standard InChI is InChI=1S/C22H23N5O3/c1-12(2)27-11-23-25-20(27)16-6-5-7-18(24-16)26-10-13-8-15-17(9-14(13)21(26)29)30-22(3,4)19(15)28/h5-9,11-12,19,28H,10H2,1-4H3. The van der Waals surface area contributed by atoms with Crippen molar-refractivity contribution in [1.29, 1.82) is 0 Å². The molecule has 0 aliphatic carbocycles. The van der Waals surface area contributed by atoms with E-state index in [0.29, 0.717) is 35.2 Å². The van der Waals surface area contributed by atoms with Gasteiger partial charge in [-0.1, -0.05) is 6.07 Å². The molecule has 0 radical (unpaired) electrons. The summed E-state index contributed by atoms with van der Waals surface area (Å²) in [6.07, 6.45) is 0.949. The van der Waals surface area contributed by atoms with Crippen molar-refractivity contribution in [2.75, 3.05) is 4.90 Å². The minimum atomic E-state index is -0.731. The van der Waals surface area contributed by atoms with E-state index in [9.17, 15) is 9.90 Å². The molecule has 1 N–H and O–H groups in total. The maximum Gasteiger partial charge on any atom is 0.260 e. The molecule has 0 saturated heterocycles. The third-order valence-corrected chi connectivity index (χ3v) is 5.74. The molecule has 0 spiro atoms. The van der Waals surface area contributed by atoms with Gasteiger partial charge in [-0.15, -0.1) is 10.2 Å². The van der Waals surface area contributed by atoms with E-state index in [0.717, 1.165) is 11.1 Å². The average Bonchev–Trinajstić information content (AvgIpc) is 3.37. The lowest BCUT2D eigenvalue weighted by molar-refractivity contribution is 0.000529. The van der Waals surface area contributed by atoms with Crippen LogP contribution in [0.2, 0.25) is 0 Å². The summed E-state index contributed by atoms with van der Waals surface area (Å²) in [5, 5.41) is 18.8. The maximum absolute atomic E-state index is 13.1. The Bertz CT molecular complexity index is 1170. The predicted octanol–water partition coefficient (Wildman–Crippen LogP) is 3.29. The van der Waals surface area contributed by atoms with Crippen molar-refractivity contribution < 1.29 is 14.6 Å². The number of nitrogens with zero attached hydrogens (tertiary/aromatic N) is 5. The molecule has 2 aliphatic rings. The normalized spacial score (nSPS) is 19.2. The van der Waals surface area contributed by atoms with Crippen LogP contribution in [0.4, 0.5) is 5.82 Å². The maximum atomic E-state index is 13.1. The van der Waals surface area contributed by atoms with Crippen LogP contribution in [0.25, 0.3) is 11.5 Å². The molecular formula is C22H23N5O3. The molecule has 1 atom stereocenters. The van der Waals surface area contributed by atoms with E-state index in [-0.39, 0.29) is 11.9 Å². The van der Waals surface area contributed by atoms with E-state index in [2.05, 4.69) is 10.2 Å². The molecule has 0 bridgehead atoms. The number of ether oxygens (including phenoxy) is 1. The molecule has 2 aromatic heterocycles. The van der Waals surface area contributed by atoms with Crippen LogP contribution in [0.5, 0.6) is 5.75 Å². The van der Waals surface area contributed by atoms with Gasteiger partial charge in [0.2, 0.25) is 0 Å². The number of anilines is 1. The first kappa shape index (κ1) is 18.7. The quantitative estimate of drug-likeness (QED) is 0.719. The van der Waals surface area contributed by atoms with Gasteiger partial charge in [0.15, 0.2) is 5.82 Å². The minimum absolute atomic E-state index is 0.134. The van der Waals surface area contributed by atoms with E-state index in [4.69, 9.17) is 9.72 Å². The molecule has 0 saturated carbocycles. The van der Waals surface area contributed by atoms with Crippen LogP contribution in [0.15, 0.2) is 36.7 Å². The zero-order valence-corrected chi connectivity index (χ0v) is 17.3. The summed E-state index contributed by atoms with van der Waals surface area (Å²) in [5.74, 6) is 1.64. The second-order valence-electron chi connectivity index (χ2n) is 8.58. The Morgan fingerprint density at radius 2 is 2.07 bits per heavy atom. The van der Waals surface area contributed by atoms with Crippen molar-refractivity contribution in [3.63, 3.8) is 0 Å². The Hall–Kier alpha value is -3.26. The van der Waals surface area contributed by atoms with Crippen molar-refractivity contribution >= 4 is 11.7 Å². The monoisotopic (exact) mass is 405 g/mol. The summed E-state index contributed by atoms with van der Waals surface area (Å²) in [4.78, 5) is 19.5. The Labute approximate surface area is 174 Å². The Morgan fingerprint density at radius 3 is 2.83 bits per heavy atom. The third kappa shape index (κ3) is 2.71. The molecule has 154 valence electrons. The third-order valence-electron chi connectivity index (χ3n) is 5.74. The first-order chi connectivity index (χ1) is 14.3. The van der Waals surface area contributed by atoms with Gasteiger partial charge in [-0.2, -0.15) is 0 Å². The Kier molecular flexibility index (Phi) is 3.98. The van der Waals surface area contributed by atoms with Crippen LogP contribution in [-0.4, -0.2) is 36.4 Å². The number of rotatable bonds is 3. The molecule has 5 rings (SSSR count). The summed E-state index contributed by atoms with van der Waals surface area (Å²) in [6, 6.07) is 9.34. The lowest BCUT2D eigenvalue weighted by Crippen LogP contribution is -2.30. The van der Waals surface area contributed by atoms with E-state index >= 15 is 0 Å². The van der Waals surface area contributed by atoms with Gasteiger partial charge in [0.1, 0.15) is 35.3 Å². The van der Waals surface area contributed by atoms with Gasteiger partial charge in [-0.3, -0.25) is 9.69 Å². The molecule has 30 heavy (non-hydrogen) atoms. The molecule has 1 amide bonds. The minimum Gasteiger partial charge on any atom is -0.484 e. The number of pyridine rings is 1.